The molecule has 26 heavy (non-hydrogen) atoms. The van der Waals surface area contributed by atoms with Crippen LogP contribution in [0.3, 0.4) is 0 Å². The van der Waals surface area contributed by atoms with Crippen LogP contribution in [0.5, 0.6) is 0 Å². The van der Waals surface area contributed by atoms with Crippen LogP contribution in [-0.2, 0) is 6.54 Å². The van der Waals surface area contributed by atoms with Crippen molar-refractivity contribution < 1.29 is 8.91 Å². The van der Waals surface area contributed by atoms with Gasteiger partial charge in [-0.2, -0.15) is 0 Å². The van der Waals surface area contributed by atoms with Crippen LogP contribution >= 0.6 is 24.0 Å². The van der Waals surface area contributed by atoms with Gasteiger partial charge in [-0.25, -0.2) is 9.38 Å². The normalized spacial score (nSPS) is 15.3. The highest BCUT2D eigenvalue weighted by Gasteiger charge is 2.18. The van der Waals surface area contributed by atoms with Gasteiger partial charge in [0.15, 0.2) is 11.7 Å². The molecular formula is C18H25FIN5O. The van der Waals surface area contributed by atoms with E-state index >= 15 is 0 Å². The van der Waals surface area contributed by atoms with Gasteiger partial charge in [0.25, 0.3) is 0 Å². The Bertz CT molecular complexity index is 723. The summed E-state index contributed by atoms with van der Waals surface area (Å²) in [5.74, 6) is 1.35. The first-order valence-corrected chi connectivity index (χ1v) is 8.54. The van der Waals surface area contributed by atoms with Crippen molar-refractivity contribution in [3.63, 3.8) is 0 Å². The summed E-state index contributed by atoms with van der Waals surface area (Å²) in [5, 5.41) is 4.02. The molecule has 1 aromatic heterocycles. The van der Waals surface area contributed by atoms with Crippen molar-refractivity contribution in [3.05, 3.63) is 47.6 Å². The van der Waals surface area contributed by atoms with E-state index in [1.807, 2.05) is 6.07 Å². The molecule has 1 aliphatic rings. The topological polar surface area (TPSA) is 70.9 Å². The zero-order valence-corrected chi connectivity index (χ0v) is 17.4. The fourth-order valence-electron chi connectivity index (χ4n) is 2.78. The van der Waals surface area contributed by atoms with Crippen LogP contribution in [0.4, 0.5) is 10.1 Å². The van der Waals surface area contributed by atoms with Crippen LogP contribution in [0.25, 0.3) is 0 Å². The molecule has 1 saturated heterocycles. The SMILES string of the molecule is CC(C)c1cc(CN=C(N)N2CCN(c3ccc(F)cc3)CC2)on1.I. The van der Waals surface area contributed by atoms with Crippen molar-refractivity contribution in [2.45, 2.75) is 26.3 Å². The zero-order chi connectivity index (χ0) is 17.8. The Kier molecular flexibility index (Phi) is 7.24. The van der Waals surface area contributed by atoms with E-state index < -0.39 is 0 Å². The molecule has 0 amide bonds. The monoisotopic (exact) mass is 473 g/mol. The number of aromatic nitrogens is 1. The molecule has 0 spiro atoms. The molecule has 3 rings (SSSR count). The molecule has 1 aliphatic heterocycles. The van der Waals surface area contributed by atoms with E-state index in [4.69, 9.17) is 10.3 Å². The Morgan fingerprint density at radius 2 is 1.88 bits per heavy atom. The van der Waals surface area contributed by atoms with Gasteiger partial charge < -0.3 is 20.1 Å². The number of nitrogens with two attached hydrogens (primary N) is 1. The quantitative estimate of drug-likeness (QED) is 0.420. The number of nitrogens with zero attached hydrogens (tertiary/aromatic N) is 4. The van der Waals surface area contributed by atoms with Gasteiger partial charge >= 0.3 is 0 Å². The Morgan fingerprint density at radius 3 is 2.46 bits per heavy atom. The molecule has 0 radical (unpaired) electrons. The summed E-state index contributed by atoms with van der Waals surface area (Å²) in [5.41, 5.74) is 8.07. The van der Waals surface area contributed by atoms with E-state index in [1.54, 1.807) is 12.1 Å². The highest BCUT2D eigenvalue weighted by molar-refractivity contribution is 14.0. The number of rotatable bonds is 4. The minimum atomic E-state index is -0.216. The van der Waals surface area contributed by atoms with Crippen LogP contribution in [0.2, 0.25) is 0 Å². The maximum absolute atomic E-state index is 13.0. The second-order valence-electron chi connectivity index (χ2n) is 6.50. The van der Waals surface area contributed by atoms with Crippen molar-refractivity contribution in [1.82, 2.24) is 10.1 Å². The van der Waals surface area contributed by atoms with Crippen molar-refractivity contribution in [3.8, 4) is 0 Å². The van der Waals surface area contributed by atoms with Gasteiger partial charge in [0, 0.05) is 37.9 Å². The Balaban J connectivity index is 0.00000243. The van der Waals surface area contributed by atoms with Crippen LogP contribution in [0.1, 0.15) is 31.2 Å². The lowest BCUT2D eigenvalue weighted by Crippen LogP contribution is -2.51. The molecule has 6 nitrogen and oxygen atoms in total. The third kappa shape index (κ3) is 5.09. The predicted octanol–water partition coefficient (Wildman–Crippen LogP) is 3.19. The average molecular weight is 473 g/mol. The molecule has 0 bridgehead atoms. The van der Waals surface area contributed by atoms with Gasteiger partial charge in [-0.15, -0.1) is 24.0 Å². The molecule has 0 saturated carbocycles. The number of halogens is 2. The summed E-state index contributed by atoms with van der Waals surface area (Å²) in [6.45, 7) is 7.73. The summed E-state index contributed by atoms with van der Waals surface area (Å²) in [7, 11) is 0. The lowest BCUT2D eigenvalue weighted by atomic mass is 10.1. The fraction of sp³-hybridized carbons (Fsp3) is 0.444. The van der Waals surface area contributed by atoms with Crippen LogP contribution < -0.4 is 10.6 Å². The third-order valence-corrected chi connectivity index (χ3v) is 4.36. The largest absolute Gasteiger partial charge is 0.370 e. The number of benzene rings is 1. The fourth-order valence-corrected chi connectivity index (χ4v) is 2.78. The molecule has 0 atom stereocenters. The molecule has 2 heterocycles. The molecule has 2 aromatic rings. The van der Waals surface area contributed by atoms with Crippen LogP contribution in [0.15, 0.2) is 39.8 Å². The third-order valence-electron chi connectivity index (χ3n) is 4.36. The minimum absolute atomic E-state index is 0. The van der Waals surface area contributed by atoms with Crippen molar-refractivity contribution >= 4 is 35.6 Å². The maximum atomic E-state index is 13.0. The Hall–Kier alpha value is -1.84. The lowest BCUT2D eigenvalue weighted by molar-refractivity contribution is 0.368. The first kappa shape index (κ1) is 20.5. The number of hydrogen-bond acceptors (Lipinski definition) is 4. The molecule has 1 aromatic carbocycles. The summed E-state index contributed by atoms with van der Waals surface area (Å²) in [6.07, 6.45) is 0. The second kappa shape index (κ2) is 9.20. The van der Waals surface area contributed by atoms with Gasteiger partial charge in [0.1, 0.15) is 12.4 Å². The number of aliphatic imine (C=N–C) groups is 1. The highest BCUT2D eigenvalue weighted by atomic mass is 127. The molecule has 142 valence electrons. The van der Waals surface area contributed by atoms with Crippen LogP contribution in [0, 0.1) is 5.82 Å². The smallest absolute Gasteiger partial charge is 0.191 e. The molecule has 8 heteroatoms. The number of hydrogen-bond donors (Lipinski definition) is 1. The van der Waals surface area contributed by atoms with E-state index in [9.17, 15) is 4.39 Å². The zero-order valence-electron chi connectivity index (χ0n) is 15.1. The van der Waals surface area contributed by atoms with E-state index in [-0.39, 0.29) is 29.8 Å². The number of piperazine rings is 1. The maximum Gasteiger partial charge on any atom is 0.191 e. The van der Waals surface area contributed by atoms with Gasteiger partial charge in [-0.1, -0.05) is 19.0 Å². The molecular weight excluding hydrogens is 448 g/mol. The average Bonchev–Trinajstić information content (AvgIpc) is 3.10. The molecule has 0 aliphatic carbocycles. The first-order chi connectivity index (χ1) is 12.0. The van der Waals surface area contributed by atoms with Gasteiger partial charge in [0.2, 0.25) is 0 Å². The second-order valence-corrected chi connectivity index (χ2v) is 6.50. The minimum Gasteiger partial charge on any atom is -0.370 e. The van der Waals surface area contributed by atoms with E-state index in [1.165, 1.54) is 12.1 Å². The van der Waals surface area contributed by atoms with Crippen molar-refractivity contribution in [2.75, 3.05) is 31.1 Å². The Morgan fingerprint density at radius 1 is 1.23 bits per heavy atom. The summed E-state index contributed by atoms with van der Waals surface area (Å²) in [4.78, 5) is 8.69. The number of anilines is 1. The number of guanidine groups is 1. The lowest BCUT2D eigenvalue weighted by Gasteiger charge is -2.36. The summed E-state index contributed by atoms with van der Waals surface area (Å²) >= 11 is 0. The van der Waals surface area contributed by atoms with Gasteiger partial charge in [-0.05, 0) is 30.2 Å². The highest BCUT2D eigenvalue weighted by Crippen LogP contribution is 2.17. The summed E-state index contributed by atoms with van der Waals surface area (Å²) in [6, 6.07) is 8.51. The molecule has 0 unspecified atom stereocenters. The molecule has 1 fully saturated rings. The standard InChI is InChI=1S/C18H24FN5O.HI/c1-13(2)17-11-16(25-22-17)12-21-18(20)24-9-7-23(8-10-24)15-5-3-14(19)4-6-15;/h3-6,11,13H,7-10,12H2,1-2H3,(H2,20,21);1H. The van der Waals surface area contributed by atoms with Gasteiger partial charge in [-0.3, -0.25) is 0 Å². The van der Waals surface area contributed by atoms with Crippen LogP contribution in [-0.4, -0.2) is 42.2 Å². The van der Waals surface area contributed by atoms with Crippen molar-refractivity contribution in [2.24, 2.45) is 10.7 Å². The van der Waals surface area contributed by atoms with Crippen molar-refractivity contribution in [1.29, 1.82) is 0 Å². The predicted molar refractivity (Wildman–Crippen MR) is 112 cm³/mol. The van der Waals surface area contributed by atoms with E-state index in [0.29, 0.717) is 18.4 Å². The first-order valence-electron chi connectivity index (χ1n) is 8.54. The van der Waals surface area contributed by atoms with E-state index in [0.717, 1.165) is 43.3 Å². The Labute approximate surface area is 170 Å². The van der Waals surface area contributed by atoms with Gasteiger partial charge in [0.05, 0.1) is 5.69 Å². The summed E-state index contributed by atoms with van der Waals surface area (Å²) < 4.78 is 18.3. The molecule has 2 N–H and O–H groups in total. The van der Waals surface area contributed by atoms with E-state index in [2.05, 4.69) is 33.8 Å².